The molecule has 0 radical (unpaired) electrons. The van der Waals surface area contributed by atoms with Crippen molar-refractivity contribution in [3.05, 3.63) is 33.6 Å². The number of hydrogen-bond donors (Lipinski definition) is 0. The van der Waals surface area contributed by atoms with Gasteiger partial charge < -0.3 is 0 Å². The second-order valence-electron chi connectivity index (χ2n) is 6.20. The molecule has 3 rings (SSSR count). The molecular weight excluding hydrogens is 384 g/mol. The fourth-order valence-electron chi connectivity index (χ4n) is 3.37. The van der Waals surface area contributed by atoms with Crippen molar-refractivity contribution in [2.45, 2.75) is 37.9 Å². The van der Waals surface area contributed by atoms with Gasteiger partial charge in [-0.2, -0.15) is 0 Å². The number of benzene rings is 1. The molecule has 1 aromatic carbocycles. The number of fused-ring (bicyclic) bond motifs is 1. The first kappa shape index (κ1) is 14.1. The summed E-state index contributed by atoms with van der Waals surface area (Å²) in [4.78, 5) is 0.480. The van der Waals surface area contributed by atoms with Crippen molar-refractivity contribution in [1.29, 1.82) is 0 Å². The largest absolute Gasteiger partial charge is 0.142 e. The first-order valence-corrected chi connectivity index (χ1v) is 9.39. The fourth-order valence-corrected chi connectivity index (χ4v) is 6.56. The maximum atomic E-state index is 4.00. The third kappa shape index (κ3) is 2.43. The molecule has 0 amide bonds. The van der Waals surface area contributed by atoms with Crippen LogP contribution in [0, 0.1) is 11.3 Å². The Morgan fingerprint density at radius 3 is 2.84 bits per heavy atom. The van der Waals surface area contributed by atoms with E-state index < -0.39 is 0 Å². The minimum absolute atomic E-state index is 0.453. The van der Waals surface area contributed by atoms with Gasteiger partial charge in [-0.15, -0.1) is 11.3 Å². The number of halogens is 2. The minimum atomic E-state index is 0.453. The molecule has 1 heterocycles. The first-order chi connectivity index (χ1) is 9.00. The SMILES string of the molecule is CC1(C)CCCC1C(Br)c1csc2c(Br)cccc12. The summed E-state index contributed by atoms with van der Waals surface area (Å²) < 4.78 is 2.59. The van der Waals surface area contributed by atoms with Crippen LogP contribution >= 0.6 is 43.2 Å². The van der Waals surface area contributed by atoms with Crippen LogP contribution in [-0.2, 0) is 0 Å². The average molecular weight is 402 g/mol. The summed E-state index contributed by atoms with van der Waals surface area (Å²) in [5, 5.41) is 3.74. The van der Waals surface area contributed by atoms with Gasteiger partial charge in [0.05, 0.1) is 0 Å². The molecule has 0 nitrogen and oxygen atoms in total. The van der Waals surface area contributed by atoms with Crippen LogP contribution in [0.4, 0.5) is 0 Å². The maximum Gasteiger partial charge on any atom is 0.0488 e. The van der Waals surface area contributed by atoms with Gasteiger partial charge in [-0.3, -0.25) is 0 Å². The van der Waals surface area contributed by atoms with E-state index in [9.17, 15) is 0 Å². The number of hydrogen-bond acceptors (Lipinski definition) is 1. The molecule has 2 unspecified atom stereocenters. The molecule has 0 spiro atoms. The number of rotatable bonds is 2. The monoisotopic (exact) mass is 400 g/mol. The molecule has 0 bridgehead atoms. The van der Waals surface area contributed by atoms with Gasteiger partial charge in [0.1, 0.15) is 0 Å². The lowest BCUT2D eigenvalue weighted by Gasteiger charge is -2.31. The number of alkyl halides is 1. The van der Waals surface area contributed by atoms with Gasteiger partial charge in [-0.25, -0.2) is 0 Å². The maximum absolute atomic E-state index is 4.00. The zero-order chi connectivity index (χ0) is 13.6. The third-order valence-corrected chi connectivity index (χ3v) is 7.67. The molecule has 19 heavy (non-hydrogen) atoms. The highest BCUT2D eigenvalue weighted by Gasteiger charge is 2.39. The molecule has 0 saturated heterocycles. The van der Waals surface area contributed by atoms with Gasteiger partial charge in [-0.1, -0.05) is 48.3 Å². The molecule has 1 aliphatic carbocycles. The second-order valence-corrected chi connectivity index (χ2v) is 8.92. The van der Waals surface area contributed by atoms with Gasteiger partial charge in [0, 0.05) is 14.0 Å². The zero-order valence-electron chi connectivity index (χ0n) is 11.2. The van der Waals surface area contributed by atoms with E-state index in [0.717, 1.165) is 5.92 Å². The second kappa shape index (κ2) is 5.16. The molecule has 2 aromatic rings. The van der Waals surface area contributed by atoms with E-state index in [1.54, 1.807) is 0 Å². The van der Waals surface area contributed by atoms with Gasteiger partial charge in [-0.05, 0) is 62.5 Å². The molecular formula is C16H18Br2S. The van der Waals surface area contributed by atoms with Crippen molar-refractivity contribution >= 4 is 53.3 Å². The van der Waals surface area contributed by atoms with Crippen LogP contribution in [0.5, 0.6) is 0 Å². The Morgan fingerprint density at radius 1 is 1.37 bits per heavy atom. The van der Waals surface area contributed by atoms with Gasteiger partial charge >= 0.3 is 0 Å². The van der Waals surface area contributed by atoms with Crippen LogP contribution in [0.3, 0.4) is 0 Å². The molecule has 0 N–H and O–H groups in total. The molecule has 102 valence electrons. The first-order valence-electron chi connectivity index (χ1n) is 6.80. The average Bonchev–Trinajstić information content (AvgIpc) is 2.92. The van der Waals surface area contributed by atoms with E-state index in [1.165, 1.54) is 39.4 Å². The lowest BCUT2D eigenvalue weighted by atomic mass is 9.78. The lowest BCUT2D eigenvalue weighted by molar-refractivity contribution is 0.257. The van der Waals surface area contributed by atoms with E-state index in [-0.39, 0.29) is 0 Å². The highest BCUT2D eigenvalue weighted by atomic mass is 79.9. The highest BCUT2D eigenvalue weighted by Crippen LogP contribution is 2.53. The summed E-state index contributed by atoms with van der Waals surface area (Å²) in [6.45, 7) is 4.84. The zero-order valence-corrected chi connectivity index (χ0v) is 15.2. The third-order valence-electron chi connectivity index (χ3n) is 4.57. The van der Waals surface area contributed by atoms with Gasteiger partial charge in [0.25, 0.3) is 0 Å². The van der Waals surface area contributed by atoms with Crippen LogP contribution in [0.2, 0.25) is 0 Å². The van der Waals surface area contributed by atoms with E-state index in [2.05, 4.69) is 69.3 Å². The van der Waals surface area contributed by atoms with Crippen LogP contribution in [0.15, 0.2) is 28.1 Å². The quantitative estimate of drug-likeness (QED) is 0.478. The highest BCUT2D eigenvalue weighted by molar-refractivity contribution is 9.10. The topological polar surface area (TPSA) is 0 Å². The molecule has 3 heteroatoms. The van der Waals surface area contributed by atoms with E-state index in [4.69, 9.17) is 0 Å². The van der Waals surface area contributed by atoms with Crippen molar-refractivity contribution in [2.24, 2.45) is 11.3 Å². The normalized spacial score (nSPS) is 23.9. The van der Waals surface area contributed by atoms with Crippen LogP contribution in [-0.4, -0.2) is 0 Å². The van der Waals surface area contributed by atoms with E-state index in [1.807, 2.05) is 11.3 Å². The predicted molar refractivity (Wildman–Crippen MR) is 92.3 cm³/mol. The predicted octanol–water partition coefficient (Wildman–Crippen LogP) is 6.93. The Labute approximate surface area is 135 Å². The Kier molecular flexibility index (Phi) is 3.83. The molecule has 0 aliphatic heterocycles. The molecule has 2 atom stereocenters. The Bertz CT molecular complexity index is 600. The van der Waals surface area contributed by atoms with E-state index >= 15 is 0 Å². The summed E-state index contributed by atoms with van der Waals surface area (Å²) in [6.07, 6.45) is 4.06. The Morgan fingerprint density at radius 2 is 2.16 bits per heavy atom. The molecule has 1 fully saturated rings. The minimum Gasteiger partial charge on any atom is -0.142 e. The van der Waals surface area contributed by atoms with Crippen LogP contribution < -0.4 is 0 Å². The molecule has 1 aliphatic rings. The van der Waals surface area contributed by atoms with Crippen LogP contribution in [0.25, 0.3) is 10.1 Å². The molecule has 1 saturated carbocycles. The van der Waals surface area contributed by atoms with Crippen molar-refractivity contribution < 1.29 is 0 Å². The summed E-state index contributed by atoms with van der Waals surface area (Å²) >= 11 is 9.52. The van der Waals surface area contributed by atoms with E-state index in [0.29, 0.717) is 10.2 Å². The smallest absolute Gasteiger partial charge is 0.0488 e. The standard InChI is InChI=1S/C16H18Br2S/c1-16(2)8-4-6-12(16)14(18)11-9-19-15-10(11)5-3-7-13(15)17/h3,5,7,9,12,14H,4,6,8H2,1-2H3. The van der Waals surface area contributed by atoms with Crippen molar-refractivity contribution in [3.8, 4) is 0 Å². The fraction of sp³-hybridized carbons (Fsp3) is 0.500. The molecule has 1 aromatic heterocycles. The summed E-state index contributed by atoms with van der Waals surface area (Å²) in [7, 11) is 0. The summed E-state index contributed by atoms with van der Waals surface area (Å²) in [6, 6.07) is 6.52. The summed E-state index contributed by atoms with van der Waals surface area (Å²) in [5.41, 5.74) is 1.93. The van der Waals surface area contributed by atoms with Crippen molar-refractivity contribution in [1.82, 2.24) is 0 Å². The Balaban J connectivity index is 2.03. The van der Waals surface area contributed by atoms with Gasteiger partial charge in [0.2, 0.25) is 0 Å². The Hall–Kier alpha value is 0.140. The van der Waals surface area contributed by atoms with Crippen molar-refractivity contribution in [2.75, 3.05) is 0 Å². The lowest BCUT2D eigenvalue weighted by Crippen LogP contribution is -2.21. The van der Waals surface area contributed by atoms with Gasteiger partial charge in [0.15, 0.2) is 0 Å². The summed E-state index contributed by atoms with van der Waals surface area (Å²) in [5.74, 6) is 0.740. The van der Waals surface area contributed by atoms with Crippen molar-refractivity contribution in [3.63, 3.8) is 0 Å². The van der Waals surface area contributed by atoms with Crippen LogP contribution in [0.1, 0.15) is 43.5 Å². The number of thiophene rings is 1.